The van der Waals surface area contributed by atoms with Crippen molar-refractivity contribution in [3.05, 3.63) is 23.8 Å². The van der Waals surface area contributed by atoms with Crippen LogP contribution < -0.4 is 5.73 Å². The quantitative estimate of drug-likeness (QED) is 0.538. The second kappa shape index (κ2) is 3.63. The molecule has 1 aromatic rings. The molecule has 0 atom stereocenters. The van der Waals surface area contributed by atoms with Crippen LogP contribution in [0.15, 0.2) is 23.1 Å². The number of ketones is 1. The second-order valence-electron chi connectivity index (χ2n) is 2.77. The van der Waals surface area contributed by atoms with Gasteiger partial charge in [-0.2, -0.15) is 0 Å². The van der Waals surface area contributed by atoms with E-state index in [1.165, 1.54) is 0 Å². The van der Waals surface area contributed by atoms with E-state index in [2.05, 4.69) is 12.6 Å². The van der Waals surface area contributed by atoms with Gasteiger partial charge < -0.3 is 5.73 Å². The van der Waals surface area contributed by atoms with E-state index >= 15 is 0 Å². The Bertz CT molecular complexity index is 309. The van der Waals surface area contributed by atoms with Crippen LogP contribution in [0, 0.1) is 0 Å². The zero-order chi connectivity index (χ0) is 9.14. The molecular weight excluding hydrogens is 170 g/mol. The van der Waals surface area contributed by atoms with Crippen molar-refractivity contribution in [2.45, 2.75) is 18.2 Å². The number of hydrogen-bond acceptors (Lipinski definition) is 3. The lowest BCUT2D eigenvalue weighted by molar-refractivity contribution is -0.116. The molecule has 2 N–H and O–H groups in total. The van der Waals surface area contributed by atoms with E-state index in [1.54, 1.807) is 19.1 Å². The van der Waals surface area contributed by atoms with E-state index in [0.717, 1.165) is 10.5 Å². The van der Waals surface area contributed by atoms with Crippen LogP contribution in [0.5, 0.6) is 0 Å². The minimum atomic E-state index is 0.140. The van der Waals surface area contributed by atoms with Gasteiger partial charge in [0.05, 0.1) is 0 Å². The molecule has 0 amide bonds. The molecule has 0 saturated carbocycles. The zero-order valence-corrected chi connectivity index (χ0v) is 7.77. The van der Waals surface area contributed by atoms with Crippen molar-refractivity contribution < 1.29 is 4.79 Å². The molecule has 0 aliphatic heterocycles. The summed E-state index contributed by atoms with van der Waals surface area (Å²) in [5.74, 6) is 0.140. The summed E-state index contributed by atoms with van der Waals surface area (Å²) in [5.41, 5.74) is 7.17. The minimum Gasteiger partial charge on any atom is -0.398 e. The molecule has 2 nitrogen and oxygen atoms in total. The highest BCUT2D eigenvalue weighted by Gasteiger charge is 1.99. The van der Waals surface area contributed by atoms with Crippen molar-refractivity contribution in [2.75, 3.05) is 5.73 Å². The van der Waals surface area contributed by atoms with Crippen molar-refractivity contribution in [3.8, 4) is 0 Å². The fourth-order valence-corrected chi connectivity index (χ4v) is 1.14. The van der Waals surface area contributed by atoms with Crippen molar-refractivity contribution in [3.63, 3.8) is 0 Å². The van der Waals surface area contributed by atoms with Gasteiger partial charge in [-0.15, -0.1) is 12.6 Å². The smallest absolute Gasteiger partial charge is 0.134 e. The predicted octanol–water partition coefficient (Wildman–Crippen LogP) is 1.69. The molecule has 0 fully saturated rings. The Morgan fingerprint density at radius 2 is 2.25 bits per heavy atom. The number of Topliss-reactive ketones (excluding diaryl/α,β-unsaturated/α-hetero) is 1. The van der Waals surface area contributed by atoms with Crippen LogP contribution in [0.3, 0.4) is 0 Å². The first kappa shape index (κ1) is 9.13. The predicted molar refractivity (Wildman–Crippen MR) is 52.5 cm³/mol. The molecule has 0 aliphatic carbocycles. The molecule has 0 spiro atoms. The highest BCUT2D eigenvalue weighted by Crippen LogP contribution is 2.17. The maximum Gasteiger partial charge on any atom is 0.134 e. The van der Waals surface area contributed by atoms with Gasteiger partial charge in [0.1, 0.15) is 5.78 Å². The molecule has 1 aromatic carbocycles. The molecule has 0 saturated heterocycles. The maximum absolute atomic E-state index is 10.7. The van der Waals surface area contributed by atoms with Gasteiger partial charge in [0.2, 0.25) is 0 Å². The Balaban J connectivity index is 2.89. The summed E-state index contributed by atoms with van der Waals surface area (Å²) in [6.07, 6.45) is 0.443. The van der Waals surface area contributed by atoms with E-state index in [9.17, 15) is 4.79 Å². The Morgan fingerprint density at radius 3 is 2.75 bits per heavy atom. The highest BCUT2D eigenvalue weighted by molar-refractivity contribution is 7.80. The van der Waals surface area contributed by atoms with Gasteiger partial charge in [0, 0.05) is 17.0 Å². The molecule has 0 bridgehead atoms. The summed E-state index contributed by atoms with van der Waals surface area (Å²) in [5, 5.41) is 0. The summed E-state index contributed by atoms with van der Waals surface area (Å²) < 4.78 is 0. The number of rotatable bonds is 2. The van der Waals surface area contributed by atoms with Gasteiger partial charge in [-0.1, -0.05) is 6.07 Å². The highest BCUT2D eigenvalue weighted by atomic mass is 32.1. The fourth-order valence-electron chi connectivity index (χ4n) is 1.00. The molecule has 12 heavy (non-hydrogen) atoms. The summed E-state index contributed by atoms with van der Waals surface area (Å²) in [7, 11) is 0. The van der Waals surface area contributed by atoms with Crippen LogP contribution in [0.4, 0.5) is 5.69 Å². The maximum atomic E-state index is 10.7. The van der Waals surface area contributed by atoms with Gasteiger partial charge >= 0.3 is 0 Å². The SMILES string of the molecule is CC(=O)Cc1ccc(S)c(N)c1. The first-order chi connectivity index (χ1) is 5.59. The standard InChI is InChI=1S/C9H11NOS/c1-6(11)4-7-2-3-9(12)8(10)5-7/h2-3,5,12H,4,10H2,1H3. The first-order valence-electron chi connectivity index (χ1n) is 3.66. The van der Waals surface area contributed by atoms with Crippen molar-refractivity contribution in [2.24, 2.45) is 0 Å². The van der Waals surface area contributed by atoms with Gasteiger partial charge in [-0.25, -0.2) is 0 Å². The molecule has 3 heteroatoms. The number of nitrogen functional groups attached to an aromatic ring is 1. The van der Waals surface area contributed by atoms with E-state index in [4.69, 9.17) is 5.73 Å². The Hall–Kier alpha value is -0.960. The summed E-state index contributed by atoms with van der Waals surface area (Å²) in [6.45, 7) is 1.56. The van der Waals surface area contributed by atoms with Crippen LogP contribution in [-0.4, -0.2) is 5.78 Å². The lowest BCUT2D eigenvalue weighted by atomic mass is 10.1. The summed E-state index contributed by atoms with van der Waals surface area (Å²) in [6, 6.07) is 5.44. The van der Waals surface area contributed by atoms with Crippen LogP contribution >= 0.6 is 12.6 Å². The van der Waals surface area contributed by atoms with E-state index in [0.29, 0.717) is 12.1 Å². The van der Waals surface area contributed by atoms with Gasteiger partial charge in [-0.05, 0) is 24.6 Å². The molecule has 0 heterocycles. The summed E-state index contributed by atoms with van der Waals surface area (Å²) >= 11 is 4.13. The molecular formula is C9H11NOS. The zero-order valence-electron chi connectivity index (χ0n) is 6.87. The van der Waals surface area contributed by atoms with Gasteiger partial charge in [0.25, 0.3) is 0 Å². The molecule has 0 radical (unpaired) electrons. The van der Waals surface area contributed by atoms with Gasteiger partial charge in [-0.3, -0.25) is 4.79 Å². The van der Waals surface area contributed by atoms with Crippen molar-refractivity contribution >= 4 is 24.1 Å². The number of thiol groups is 1. The average molecular weight is 181 g/mol. The number of nitrogens with two attached hydrogens (primary N) is 1. The molecule has 1 rings (SSSR count). The van der Waals surface area contributed by atoms with E-state index in [1.807, 2.05) is 6.07 Å². The molecule has 0 aromatic heterocycles. The fraction of sp³-hybridized carbons (Fsp3) is 0.222. The van der Waals surface area contributed by atoms with Crippen LogP contribution in [0.25, 0.3) is 0 Å². The first-order valence-corrected chi connectivity index (χ1v) is 4.11. The largest absolute Gasteiger partial charge is 0.398 e. The monoisotopic (exact) mass is 181 g/mol. The Kier molecular flexibility index (Phi) is 2.76. The number of carbonyl (C=O) groups is 1. The van der Waals surface area contributed by atoms with Crippen LogP contribution in [0.2, 0.25) is 0 Å². The normalized spacial score (nSPS) is 9.83. The lowest BCUT2D eigenvalue weighted by Gasteiger charge is -2.01. The second-order valence-corrected chi connectivity index (χ2v) is 3.25. The number of carbonyl (C=O) groups excluding carboxylic acids is 1. The van der Waals surface area contributed by atoms with E-state index < -0.39 is 0 Å². The van der Waals surface area contributed by atoms with Gasteiger partial charge in [0.15, 0.2) is 0 Å². The van der Waals surface area contributed by atoms with Crippen LogP contribution in [-0.2, 0) is 11.2 Å². The van der Waals surface area contributed by atoms with Crippen molar-refractivity contribution in [1.82, 2.24) is 0 Å². The topological polar surface area (TPSA) is 43.1 Å². The number of hydrogen-bond donors (Lipinski definition) is 2. The lowest BCUT2D eigenvalue weighted by Crippen LogP contribution is -1.97. The molecule has 0 aliphatic rings. The minimum absolute atomic E-state index is 0.140. The number of anilines is 1. The third-order valence-corrected chi connectivity index (χ3v) is 1.95. The Labute approximate surface area is 77.2 Å². The van der Waals surface area contributed by atoms with Crippen LogP contribution in [0.1, 0.15) is 12.5 Å². The number of benzene rings is 1. The third kappa shape index (κ3) is 2.27. The molecule has 64 valence electrons. The van der Waals surface area contributed by atoms with E-state index in [-0.39, 0.29) is 5.78 Å². The Morgan fingerprint density at radius 1 is 1.58 bits per heavy atom. The third-order valence-electron chi connectivity index (χ3n) is 1.55. The van der Waals surface area contributed by atoms with Crippen molar-refractivity contribution in [1.29, 1.82) is 0 Å². The molecule has 0 unspecified atom stereocenters. The average Bonchev–Trinajstić information content (AvgIpc) is 1.96. The summed E-state index contributed by atoms with van der Waals surface area (Å²) in [4.78, 5) is 11.5.